The van der Waals surface area contributed by atoms with E-state index >= 15 is 0 Å². The highest BCUT2D eigenvalue weighted by Crippen LogP contribution is 2.36. The molecule has 1 heterocycles. The van der Waals surface area contributed by atoms with E-state index in [9.17, 15) is 14.0 Å². The maximum absolute atomic E-state index is 14.2. The van der Waals surface area contributed by atoms with E-state index < -0.39 is 17.5 Å². The van der Waals surface area contributed by atoms with Crippen LogP contribution >= 0.6 is 23.2 Å². The summed E-state index contributed by atoms with van der Waals surface area (Å²) in [5, 5.41) is 0.682. The second-order valence-electron chi connectivity index (χ2n) is 5.84. The van der Waals surface area contributed by atoms with Crippen LogP contribution in [0.15, 0.2) is 36.4 Å². The quantitative estimate of drug-likeness (QED) is 0.699. The van der Waals surface area contributed by atoms with Crippen LogP contribution in [0.2, 0.25) is 10.0 Å². The Morgan fingerprint density at radius 1 is 1.12 bits per heavy atom. The van der Waals surface area contributed by atoms with Gasteiger partial charge in [0.2, 0.25) is 0 Å². The van der Waals surface area contributed by atoms with Crippen LogP contribution in [0, 0.1) is 5.82 Å². The third-order valence-electron chi connectivity index (χ3n) is 3.95. The molecule has 2 aromatic carbocycles. The molecule has 0 aromatic heterocycles. The fourth-order valence-corrected chi connectivity index (χ4v) is 3.01. The number of amides is 1. The van der Waals surface area contributed by atoms with Crippen molar-refractivity contribution in [1.29, 1.82) is 0 Å². The minimum absolute atomic E-state index is 0.0405. The zero-order valence-electron chi connectivity index (χ0n) is 13.8. The number of hydrogen-bond acceptors (Lipinski definition) is 4. The highest BCUT2D eigenvalue weighted by Gasteiger charge is 2.40. The lowest BCUT2D eigenvalue weighted by Gasteiger charge is -2.24. The molecule has 0 unspecified atom stereocenters. The number of likely N-dealkylation sites (N-methyl/N-ethyl adjacent to an activating group) is 1. The van der Waals surface area contributed by atoms with Crippen LogP contribution in [-0.2, 0) is 4.79 Å². The zero-order chi connectivity index (χ0) is 18.8. The summed E-state index contributed by atoms with van der Waals surface area (Å²) in [6, 6.07) is 9.35. The van der Waals surface area contributed by atoms with Gasteiger partial charge in [0.1, 0.15) is 18.2 Å². The largest absolute Gasteiger partial charge is 0.492 e. The molecule has 1 aliphatic rings. The molecule has 2 aromatic rings. The lowest BCUT2D eigenvalue weighted by molar-refractivity contribution is -0.114. The second kappa shape index (κ2) is 7.61. The van der Waals surface area contributed by atoms with Gasteiger partial charge in [-0.25, -0.2) is 4.39 Å². The monoisotopic (exact) mass is 396 g/mol. The van der Waals surface area contributed by atoms with Crippen LogP contribution in [0.4, 0.5) is 10.1 Å². The molecule has 0 saturated heterocycles. The van der Waals surface area contributed by atoms with E-state index in [2.05, 4.69) is 0 Å². The van der Waals surface area contributed by atoms with Crippen molar-refractivity contribution >= 4 is 40.6 Å². The summed E-state index contributed by atoms with van der Waals surface area (Å²) in [6.45, 7) is 0.843. The topological polar surface area (TPSA) is 49.9 Å². The molecule has 5 nitrogen and oxygen atoms in total. The van der Waals surface area contributed by atoms with Crippen molar-refractivity contribution in [1.82, 2.24) is 4.90 Å². The average Bonchev–Trinajstić information content (AvgIpc) is 2.86. The van der Waals surface area contributed by atoms with Gasteiger partial charge in [0.15, 0.2) is 0 Å². The van der Waals surface area contributed by atoms with E-state index in [-0.39, 0.29) is 22.9 Å². The SMILES string of the molecule is CN(CCOc1ccc(Cl)cc1)CN1C(=O)C(=O)c2c(Cl)ccc(F)c21. The first kappa shape index (κ1) is 18.6. The fourth-order valence-electron chi connectivity index (χ4n) is 2.65. The molecule has 0 bridgehead atoms. The van der Waals surface area contributed by atoms with Crippen LogP contribution in [0.5, 0.6) is 5.75 Å². The summed E-state index contributed by atoms with van der Waals surface area (Å²) >= 11 is 11.8. The van der Waals surface area contributed by atoms with Crippen molar-refractivity contribution < 1.29 is 18.7 Å². The van der Waals surface area contributed by atoms with E-state index in [0.29, 0.717) is 23.9 Å². The van der Waals surface area contributed by atoms with Crippen molar-refractivity contribution in [2.45, 2.75) is 0 Å². The highest BCUT2D eigenvalue weighted by molar-refractivity contribution is 6.55. The molecular formula is C18H15Cl2FN2O3. The Bertz CT molecular complexity index is 858. The smallest absolute Gasteiger partial charge is 0.300 e. The van der Waals surface area contributed by atoms with Crippen molar-refractivity contribution in [2.75, 3.05) is 31.8 Å². The van der Waals surface area contributed by atoms with Gasteiger partial charge in [-0.3, -0.25) is 19.4 Å². The molecule has 0 spiro atoms. The molecule has 1 aliphatic heterocycles. The molecule has 0 saturated carbocycles. The maximum Gasteiger partial charge on any atom is 0.300 e. The van der Waals surface area contributed by atoms with Crippen LogP contribution < -0.4 is 9.64 Å². The Kier molecular flexibility index (Phi) is 5.46. The Hall–Kier alpha value is -2.15. The van der Waals surface area contributed by atoms with Crippen LogP contribution in [-0.4, -0.2) is 43.5 Å². The average molecular weight is 397 g/mol. The van der Waals surface area contributed by atoms with E-state index in [0.717, 1.165) is 11.0 Å². The molecule has 3 rings (SSSR count). The van der Waals surface area contributed by atoms with E-state index in [1.54, 1.807) is 36.2 Å². The summed E-state index contributed by atoms with van der Waals surface area (Å²) in [5.41, 5.74) is -0.152. The third-order valence-corrected chi connectivity index (χ3v) is 4.52. The Morgan fingerprint density at radius 3 is 2.50 bits per heavy atom. The Labute approximate surface area is 159 Å². The summed E-state index contributed by atoms with van der Waals surface area (Å²) in [6.07, 6.45) is 0. The van der Waals surface area contributed by atoms with Crippen molar-refractivity contribution in [3.63, 3.8) is 0 Å². The predicted molar refractivity (Wildman–Crippen MR) is 97.7 cm³/mol. The number of nitrogens with zero attached hydrogens (tertiary/aromatic N) is 2. The Balaban J connectivity index is 1.64. The number of fused-ring (bicyclic) bond motifs is 1. The molecule has 0 radical (unpaired) electrons. The molecule has 26 heavy (non-hydrogen) atoms. The van der Waals surface area contributed by atoms with Crippen molar-refractivity contribution in [3.8, 4) is 5.75 Å². The number of halogens is 3. The Morgan fingerprint density at radius 2 is 1.81 bits per heavy atom. The number of carbonyl (C=O) groups excluding carboxylic acids is 2. The number of rotatable bonds is 6. The first-order chi connectivity index (χ1) is 12.4. The lowest BCUT2D eigenvalue weighted by atomic mass is 10.1. The number of ketones is 1. The summed E-state index contributed by atoms with van der Waals surface area (Å²) in [5.74, 6) is -1.58. The molecule has 0 fully saturated rings. The number of ether oxygens (including phenoxy) is 1. The van der Waals surface area contributed by atoms with Gasteiger partial charge in [-0.2, -0.15) is 0 Å². The number of Topliss-reactive ketones (excluding diaryl/α,β-unsaturated/α-hetero) is 1. The zero-order valence-corrected chi connectivity index (χ0v) is 15.4. The van der Waals surface area contributed by atoms with Gasteiger partial charge in [0.05, 0.1) is 22.9 Å². The molecule has 0 N–H and O–H groups in total. The molecule has 136 valence electrons. The number of benzene rings is 2. The standard InChI is InChI=1S/C18H15Cl2FN2O3/c1-22(8-9-26-12-4-2-11(19)3-5-12)10-23-16-14(21)7-6-13(20)15(16)17(24)18(23)25/h2-7H,8-10H2,1H3. The van der Waals surface area contributed by atoms with Gasteiger partial charge >= 0.3 is 5.91 Å². The molecule has 0 atom stereocenters. The summed E-state index contributed by atoms with van der Waals surface area (Å²) in [7, 11) is 1.74. The van der Waals surface area contributed by atoms with Gasteiger partial charge in [0.25, 0.3) is 5.78 Å². The van der Waals surface area contributed by atoms with Crippen LogP contribution in [0.3, 0.4) is 0 Å². The summed E-state index contributed by atoms with van der Waals surface area (Å²) in [4.78, 5) is 27.1. The molecular weight excluding hydrogens is 382 g/mol. The molecule has 0 aliphatic carbocycles. The van der Waals surface area contributed by atoms with Crippen molar-refractivity contribution in [2.24, 2.45) is 0 Å². The fraction of sp³-hybridized carbons (Fsp3) is 0.222. The highest BCUT2D eigenvalue weighted by atomic mass is 35.5. The predicted octanol–water partition coefficient (Wildman–Crippen LogP) is 3.63. The minimum Gasteiger partial charge on any atom is -0.492 e. The van der Waals surface area contributed by atoms with E-state index in [4.69, 9.17) is 27.9 Å². The molecule has 8 heteroatoms. The van der Waals surface area contributed by atoms with Gasteiger partial charge in [-0.15, -0.1) is 0 Å². The second-order valence-corrected chi connectivity index (χ2v) is 6.68. The normalized spacial score (nSPS) is 13.5. The first-order valence-electron chi connectivity index (χ1n) is 7.79. The van der Waals surface area contributed by atoms with Crippen molar-refractivity contribution in [3.05, 3.63) is 57.8 Å². The van der Waals surface area contributed by atoms with Gasteiger partial charge in [-0.1, -0.05) is 23.2 Å². The minimum atomic E-state index is -0.796. The van der Waals surface area contributed by atoms with Gasteiger partial charge in [-0.05, 0) is 43.4 Å². The van der Waals surface area contributed by atoms with Crippen LogP contribution in [0.25, 0.3) is 0 Å². The number of hydrogen-bond donors (Lipinski definition) is 0. The van der Waals surface area contributed by atoms with Gasteiger partial charge < -0.3 is 4.74 Å². The summed E-state index contributed by atoms with van der Waals surface area (Å²) < 4.78 is 19.8. The van der Waals surface area contributed by atoms with Gasteiger partial charge in [0, 0.05) is 11.6 Å². The number of anilines is 1. The van der Waals surface area contributed by atoms with Crippen LogP contribution in [0.1, 0.15) is 10.4 Å². The van der Waals surface area contributed by atoms with E-state index in [1.807, 2.05) is 0 Å². The molecule has 1 amide bonds. The lowest BCUT2D eigenvalue weighted by Crippen LogP contribution is -2.40. The maximum atomic E-state index is 14.2. The van der Waals surface area contributed by atoms with E-state index in [1.165, 1.54) is 6.07 Å². The third kappa shape index (κ3) is 3.67. The number of carbonyl (C=O) groups is 2. The first-order valence-corrected chi connectivity index (χ1v) is 8.55.